The van der Waals surface area contributed by atoms with Crippen molar-refractivity contribution in [2.75, 3.05) is 11.9 Å². The van der Waals surface area contributed by atoms with Crippen molar-refractivity contribution < 1.29 is 0 Å². The topological polar surface area (TPSA) is 83.5 Å². The summed E-state index contributed by atoms with van der Waals surface area (Å²) in [6.07, 6.45) is 6.26. The zero-order valence-electron chi connectivity index (χ0n) is 20.1. The van der Waals surface area contributed by atoms with Gasteiger partial charge in [0.2, 0.25) is 0 Å². The molecule has 34 heavy (non-hydrogen) atoms. The van der Waals surface area contributed by atoms with Crippen LogP contribution in [0, 0.1) is 13.8 Å². The van der Waals surface area contributed by atoms with E-state index < -0.39 is 0 Å². The van der Waals surface area contributed by atoms with Crippen LogP contribution < -0.4 is 4.90 Å². The first kappa shape index (κ1) is 22.2. The van der Waals surface area contributed by atoms with Gasteiger partial charge < -0.3 is 4.90 Å². The predicted molar refractivity (Wildman–Crippen MR) is 135 cm³/mol. The molecule has 5 rings (SSSR count). The van der Waals surface area contributed by atoms with Crippen molar-refractivity contribution in [2.24, 2.45) is 0 Å². The molecule has 0 amide bonds. The van der Waals surface area contributed by atoms with Gasteiger partial charge in [0.05, 0.1) is 17.1 Å². The van der Waals surface area contributed by atoms with Gasteiger partial charge in [0.25, 0.3) is 0 Å². The third kappa shape index (κ3) is 4.69. The number of aromatic amines is 1. The van der Waals surface area contributed by atoms with Crippen LogP contribution >= 0.6 is 0 Å². The monoisotopic (exact) mass is 453 g/mol. The number of nitrogens with one attached hydrogen (secondary N) is 1. The standard InChI is InChI=1S/C27H31N7/c1-18-8-12-20(13-9-18)25-26(21-14-10-19(2)11-15-21)29-27-23(28-25)17-16-22(34(27)3)6-4-5-7-24-30-32-33-31-24/h8-15,22H,4-7,16-17H2,1-3H3,(H,30,31,32,33). The van der Waals surface area contributed by atoms with Gasteiger partial charge in [-0.25, -0.2) is 15.1 Å². The van der Waals surface area contributed by atoms with Crippen LogP contribution in [-0.2, 0) is 12.8 Å². The molecule has 1 atom stereocenters. The maximum absolute atomic E-state index is 5.24. The Morgan fingerprint density at radius 2 is 1.53 bits per heavy atom. The number of nitrogens with zero attached hydrogens (tertiary/aromatic N) is 6. The van der Waals surface area contributed by atoms with E-state index in [0.717, 1.165) is 78.4 Å². The molecule has 7 heteroatoms. The van der Waals surface area contributed by atoms with Gasteiger partial charge in [-0.15, -0.1) is 5.10 Å². The number of aromatic nitrogens is 6. The highest BCUT2D eigenvalue weighted by atomic mass is 15.5. The molecule has 3 heterocycles. The van der Waals surface area contributed by atoms with Crippen LogP contribution in [0.15, 0.2) is 48.5 Å². The van der Waals surface area contributed by atoms with Crippen molar-refractivity contribution in [1.29, 1.82) is 0 Å². The number of fused-ring (bicyclic) bond motifs is 1. The third-order valence-electron chi connectivity index (χ3n) is 6.78. The summed E-state index contributed by atoms with van der Waals surface area (Å²) in [5.74, 6) is 1.88. The summed E-state index contributed by atoms with van der Waals surface area (Å²) in [7, 11) is 2.17. The minimum atomic E-state index is 0.464. The molecule has 2 aromatic heterocycles. The van der Waals surface area contributed by atoms with E-state index in [1.54, 1.807) is 0 Å². The highest BCUT2D eigenvalue weighted by molar-refractivity contribution is 5.79. The van der Waals surface area contributed by atoms with Gasteiger partial charge >= 0.3 is 0 Å². The van der Waals surface area contributed by atoms with Crippen LogP contribution in [0.1, 0.15) is 48.3 Å². The van der Waals surface area contributed by atoms with Gasteiger partial charge in [-0.3, -0.25) is 0 Å². The summed E-state index contributed by atoms with van der Waals surface area (Å²) in [5, 5.41) is 14.1. The number of H-pyrrole nitrogens is 1. The molecule has 1 N–H and O–H groups in total. The maximum Gasteiger partial charge on any atom is 0.151 e. The molecule has 1 unspecified atom stereocenters. The second-order valence-electron chi connectivity index (χ2n) is 9.32. The third-order valence-corrected chi connectivity index (χ3v) is 6.78. The lowest BCUT2D eigenvalue weighted by molar-refractivity contribution is 0.485. The number of anilines is 1. The van der Waals surface area contributed by atoms with E-state index in [1.165, 1.54) is 11.1 Å². The Hall–Kier alpha value is -3.61. The Balaban J connectivity index is 1.42. The smallest absolute Gasteiger partial charge is 0.151 e. The fourth-order valence-corrected chi connectivity index (χ4v) is 4.70. The van der Waals surface area contributed by atoms with Crippen LogP contribution in [-0.4, -0.2) is 43.7 Å². The molecule has 0 radical (unpaired) electrons. The Labute approximate surface area is 200 Å². The molecule has 1 aliphatic rings. The number of aryl methyl sites for hydroxylation is 4. The molecule has 1 aliphatic heterocycles. The highest BCUT2D eigenvalue weighted by Crippen LogP contribution is 2.36. The predicted octanol–water partition coefficient (Wildman–Crippen LogP) is 5.10. The lowest BCUT2D eigenvalue weighted by Gasteiger charge is -2.35. The largest absolute Gasteiger partial charge is 0.355 e. The summed E-state index contributed by atoms with van der Waals surface area (Å²) in [4.78, 5) is 12.8. The SMILES string of the molecule is Cc1ccc(-c2nc3c(nc2-c2ccc(C)cc2)N(C)C(CCCCc2nnn[nH]2)CC3)cc1. The number of tetrazole rings is 1. The van der Waals surface area contributed by atoms with Gasteiger partial charge in [-0.2, -0.15) is 0 Å². The lowest BCUT2D eigenvalue weighted by atomic mass is 9.96. The summed E-state index contributed by atoms with van der Waals surface area (Å²) in [6, 6.07) is 17.7. The normalized spacial score (nSPS) is 15.4. The lowest BCUT2D eigenvalue weighted by Crippen LogP contribution is -2.37. The molecule has 4 aromatic rings. The zero-order chi connectivity index (χ0) is 23.5. The average molecular weight is 454 g/mol. The van der Waals surface area contributed by atoms with Crippen molar-refractivity contribution in [2.45, 2.75) is 58.4 Å². The number of rotatable bonds is 7. The van der Waals surface area contributed by atoms with Crippen molar-refractivity contribution in [3.05, 3.63) is 71.2 Å². The zero-order valence-corrected chi connectivity index (χ0v) is 20.1. The fourth-order valence-electron chi connectivity index (χ4n) is 4.70. The second-order valence-corrected chi connectivity index (χ2v) is 9.32. The summed E-state index contributed by atoms with van der Waals surface area (Å²) >= 11 is 0. The summed E-state index contributed by atoms with van der Waals surface area (Å²) < 4.78 is 0. The van der Waals surface area contributed by atoms with E-state index in [4.69, 9.17) is 9.97 Å². The molecule has 2 aromatic carbocycles. The van der Waals surface area contributed by atoms with Crippen LogP contribution in [0.25, 0.3) is 22.5 Å². The molecular formula is C27H31N7. The van der Waals surface area contributed by atoms with E-state index in [1.807, 2.05) is 0 Å². The van der Waals surface area contributed by atoms with Gasteiger partial charge in [0, 0.05) is 30.6 Å². The molecular weight excluding hydrogens is 422 g/mol. The Kier molecular flexibility index (Phi) is 6.34. The maximum atomic E-state index is 5.24. The van der Waals surface area contributed by atoms with Crippen molar-refractivity contribution in [1.82, 2.24) is 30.6 Å². The average Bonchev–Trinajstić information content (AvgIpc) is 3.37. The minimum absolute atomic E-state index is 0.464. The molecule has 7 nitrogen and oxygen atoms in total. The molecule has 0 fully saturated rings. The van der Waals surface area contributed by atoms with Gasteiger partial charge in [-0.05, 0) is 50.0 Å². The first-order valence-corrected chi connectivity index (χ1v) is 12.1. The number of unbranched alkanes of at least 4 members (excludes halogenated alkanes) is 1. The number of benzene rings is 2. The quantitative estimate of drug-likeness (QED) is 0.392. The van der Waals surface area contributed by atoms with Gasteiger partial charge in [-0.1, -0.05) is 66.1 Å². The molecule has 0 aliphatic carbocycles. The van der Waals surface area contributed by atoms with Crippen LogP contribution in [0.2, 0.25) is 0 Å². The first-order valence-electron chi connectivity index (χ1n) is 12.1. The van der Waals surface area contributed by atoms with Gasteiger partial charge in [0.1, 0.15) is 5.82 Å². The first-order chi connectivity index (χ1) is 16.6. The fraction of sp³-hybridized carbons (Fsp3) is 0.370. The van der Waals surface area contributed by atoms with E-state index in [-0.39, 0.29) is 0 Å². The Morgan fingerprint density at radius 3 is 2.15 bits per heavy atom. The minimum Gasteiger partial charge on any atom is -0.355 e. The summed E-state index contributed by atoms with van der Waals surface area (Å²) in [5.41, 5.74) is 7.72. The molecule has 174 valence electrons. The molecule has 0 bridgehead atoms. The van der Waals surface area contributed by atoms with Gasteiger partial charge in [0.15, 0.2) is 5.82 Å². The van der Waals surface area contributed by atoms with Crippen molar-refractivity contribution >= 4 is 5.82 Å². The van der Waals surface area contributed by atoms with Crippen LogP contribution in [0.5, 0.6) is 0 Å². The number of hydrogen-bond donors (Lipinski definition) is 1. The van der Waals surface area contributed by atoms with E-state index >= 15 is 0 Å². The van der Waals surface area contributed by atoms with E-state index in [2.05, 4.69) is 95.0 Å². The van der Waals surface area contributed by atoms with E-state index in [9.17, 15) is 0 Å². The highest BCUT2D eigenvalue weighted by Gasteiger charge is 2.27. The Morgan fingerprint density at radius 1 is 0.882 bits per heavy atom. The van der Waals surface area contributed by atoms with Crippen LogP contribution in [0.4, 0.5) is 5.82 Å². The molecule has 0 saturated carbocycles. The van der Waals surface area contributed by atoms with Crippen molar-refractivity contribution in [3.63, 3.8) is 0 Å². The Bertz CT molecular complexity index is 1230. The van der Waals surface area contributed by atoms with Crippen molar-refractivity contribution in [3.8, 4) is 22.5 Å². The molecule has 0 saturated heterocycles. The second kappa shape index (κ2) is 9.71. The number of hydrogen-bond acceptors (Lipinski definition) is 6. The molecule has 0 spiro atoms. The van der Waals surface area contributed by atoms with Crippen LogP contribution in [0.3, 0.4) is 0 Å². The van der Waals surface area contributed by atoms with E-state index in [0.29, 0.717) is 6.04 Å². The summed E-state index contributed by atoms with van der Waals surface area (Å²) in [6.45, 7) is 4.22.